The SMILES string of the molecule is COc1cc(Br)cc2c(C)c(C=O)[nH]c12. The van der Waals surface area contributed by atoms with Crippen molar-refractivity contribution in [2.75, 3.05) is 7.11 Å². The molecule has 0 fully saturated rings. The molecule has 1 aromatic carbocycles. The second-order valence-electron chi connectivity index (χ2n) is 3.31. The molecule has 78 valence electrons. The van der Waals surface area contributed by atoms with Gasteiger partial charge in [-0.15, -0.1) is 0 Å². The first-order valence-corrected chi connectivity index (χ1v) is 5.27. The third-order valence-corrected chi connectivity index (χ3v) is 2.93. The van der Waals surface area contributed by atoms with Crippen LogP contribution in [0.4, 0.5) is 0 Å². The lowest BCUT2D eigenvalue weighted by molar-refractivity contribution is 0.111. The maximum Gasteiger partial charge on any atom is 0.166 e. The number of fused-ring (bicyclic) bond motifs is 1. The number of H-pyrrole nitrogens is 1. The Labute approximate surface area is 95.6 Å². The highest BCUT2D eigenvalue weighted by molar-refractivity contribution is 9.10. The van der Waals surface area contributed by atoms with Crippen molar-refractivity contribution in [1.82, 2.24) is 4.98 Å². The quantitative estimate of drug-likeness (QED) is 0.850. The minimum absolute atomic E-state index is 0.599. The van der Waals surface area contributed by atoms with E-state index in [1.54, 1.807) is 7.11 Å². The fourth-order valence-electron chi connectivity index (χ4n) is 1.66. The van der Waals surface area contributed by atoms with Crippen LogP contribution < -0.4 is 4.74 Å². The molecule has 0 bridgehead atoms. The van der Waals surface area contributed by atoms with Crippen LogP contribution in [0.5, 0.6) is 5.75 Å². The molecule has 1 aromatic heterocycles. The Hall–Kier alpha value is -1.29. The van der Waals surface area contributed by atoms with Crippen LogP contribution in [0.3, 0.4) is 0 Å². The van der Waals surface area contributed by atoms with Gasteiger partial charge in [-0.1, -0.05) is 15.9 Å². The van der Waals surface area contributed by atoms with Crippen molar-refractivity contribution in [3.8, 4) is 5.75 Å². The molecule has 0 aliphatic rings. The molecule has 1 heterocycles. The molecule has 1 N–H and O–H groups in total. The second kappa shape index (κ2) is 3.70. The van der Waals surface area contributed by atoms with Crippen molar-refractivity contribution < 1.29 is 9.53 Å². The third-order valence-electron chi connectivity index (χ3n) is 2.47. The van der Waals surface area contributed by atoms with Gasteiger partial charge in [0, 0.05) is 9.86 Å². The number of hydrogen-bond donors (Lipinski definition) is 1. The van der Waals surface area contributed by atoms with Crippen LogP contribution in [-0.2, 0) is 0 Å². The van der Waals surface area contributed by atoms with Crippen molar-refractivity contribution in [3.05, 3.63) is 27.9 Å². The van der Waals surface area contributed by atoms with E-state index in [4.69, 9.17) is 4.74 Å². The van der Waals surface area contributed by atoms with Gasteiger partial charge in [0.25, 0.3) is 0 Å². The largest absolute Gasteiger partial charge is 0.495 e. The number of hydrogen-bond acceptors (Lipinski definition) is 2. The summed E-state index contributed by atoms with van der Waals surface area (Å²) in [5, 5.41) is 1.00. The minimum Gasteiger partial charge on any atom is -0.495 e. The summed E-state index contributed by atoms with van der Waals surface area (Å²) >= 11 is 3.41. The molecule has 0 radical (unpaired) electrons. The molecule has 0 saturated heterocycles. The van der Waals surface area contributed by atoms with Crippen LogP contribution >= 0.6 is 15.9 Å². The van der Waals surface area contributed by atoms with E-state index in [0.717, 1.165) is 33.0 Å². The first kappa shape index (κ1) is 10.2. The van der Waals surface area contributed by atoms with E-state index >= 15 is 0 Å². The number of ether oxygens (including phenoxy) is 1. The van der Waals surface area contributed by atoms with E-state index in [1.165, 1.54) is 0 Å². The number of benzene rings is 1. The number of rotatable bonds is 2. The normalized spacial score (nSPS) is 10.6. The van der Waals surface area contributed by atoms with Gasteiger partial charge in [-0.25, -0.2) is 0 Å². The maximum atomic E-state index is 10.8. The van der Waals surface area contributed by atoms with Gasteiger partial charge in [-0.3, -0.25) is 4.79 Å². The molecule has 3 nitrogen and oxygen atoms in total. The Morgan fingerprint density at radius 1 is 1.47 bits per heavy atom. The fourth-order valence-corrected chi connectivity index (χ4v) is 2.10. The van der Waals surface area contributed by atoms with Gasteiger partial charge in [0.15, 0.2) is 6.29 Å². The Balaban J connectivity index is 2.87. The summed E-state index contributed by atoms with van der Waals surface area (Å²) < 4.78 is 6.18. The average molecular weight is 268 g/mol. The molecule has 0 atom stereocenters. The lowest BCUT2D eigenvalue weighted by atomic mass is 10.1. The number of nitrogens with one attached hydrogen (secondary N) is 1. The second-order valence-corrected chi connectivity index (χ2v) is 4.23. The van der Waals surface area contributed by atoms with Gasteiger partial charge >= 0.3 is 0 Å². The molecule has 0 spiro atoms. The highest BCUT2D eigenvalue weighted by Gasteiger charge is 2.11. The molecule has 0 saturated carbocycles. The Morgan fingerprint density at radius 3 is 2.80 bits per heavy atom. The highest BCUT2D eigenvalue weighted by atomic mass is 79.9. The summed E-state index contributed by atoms with van der Waals surface area (Å²) in [6.45, 7) is 1.91. The number of aldehydes is 1. The van der Waals surface area contributed by atoms with Crippen LogP contribution in [0.25, 0.3) is 10.9 Å². The average Bonchev–Trinajstić information content (AvgIpc) is 2.55. The van der Waals surface area contributed by atoms with E-state index in [9.17, 15) is 4.79 Å². The molecule has 4 heteroatoms. The lowest BCUT2D eigenvalue weighted by Crippen LogP contribution is -1.84. The first-order valence-electron chi connectivity index (χ1n) is 4.48. The van der Waals surface area contributed by atoms with Crippen molar-refractivity contribution in [1.29, 1.82) is 0 Å². The number of aromatic amines is 1. The number of aromatic nitrogens is 1. The predicted octanol–water partition coefficient (Wildman–Crippen LogP) is 3.06. The summed E-state index contributed by atoms with van der Waals surface area (Å²) in [5.74, 6) is 0.732. The first-order chi connectivity index (χ1) is 7.17. The van der Waals surface area contributed by atoms with E-state index in [0.29, 0.717) is 5.69 Å². The monoisotopic (exact) mass is 267 g/mol. The molecule has 0 unspecified atom stereocenters. The molecule has 2 rings (SSSR count). The van der Waals surface area contributed by atoms with Gasteiger partial charge in [0.1, 0.15) is 5.75 Å². The summed E-state index contributed by atoms with van der Waals surface area (Å²) in [7, 11) is 1.61. The van der Waals surface area contributed by atoms with Crippen LogP contribution in [0.2, 0.25) is 0 Å². The van der Waals surface area contributed by atoms with E-state index in [2.05, 4.69) is 20.9 Å². The van der Waals surface area contributed by atoms with Crippen molar-refractivity contribution >= 4 is 33.1 Å². The Bertz CT molecular complexity index is 531. The lowest BCUT2D eigenvalue weighted by Gasteiger charge is -2.02. The fraction of sp³-hybridized carbons (Fsp3) is 0.182. The maximum absolute atomic E-state index is 10.8. The molecule has 0 amide bonds. The minimum atomic E-state index is 0.599. The highest BCUT2D eigenvalue weighted by Crippen LogP contribution is 2.32. The van der Waals surface area contributed by atoms with Gasteiger partial charge in [-0.2, -0.15) is 0 Å². The molecule has 2 aromatic rings. The van der Waals surface area contributed by atoms with Crippen LogP contribution in [0.1, 0.15) is 16.1 Å². The summed E-state index contributed by atoms with van der Waals surface area (Å²) in [6, 6.07) is 3.84. The zero-order chi connectivity index (χ0) is 11.0. The standard InChI is InChI=1S/C11H10BrNO2/c1-6-8-3-7(12)4-10(15-2)11(8)13-9(6)5-14/h3-5,13H,1-2H3. The Kier molecular flexibility index (Phi) is 2.52. The van der Waals surface area contributed by atoms with Crippen molar-refractivity contribution in [2.45, 2.75) is 6.92 Å². The molecular weight excluding hydrogens is 258 g/mol. The topological polar surface area (TPSA) is 42.1 Å². The third kappa shape index (κ3) is 1.55. The van der Waals surface area contributed by atoms with E-state index in [1.807, 2.05) is 19.1 Å². The molecule has 0 aliphatic carbocycles. The predicted molar refractivity (Wildman–Crippen MR) is 62.7 cm³/mol. The number of halogens is 1. The van der Waals surface area contributed by atoms with E-state index in [-0.39, 0.29) is 0 Å². The van der Waals surface area contributed by atoms with Gasteiger partial charge in [-0.05, 0) is 24.6 Å². The number of carbonyl (C=O) groups is 1. The number of aryl methyl sites for hydroxylation is 1. The van der Waals surface area contributed by atoms with Crippen molar-refractivity contribution in [3.63, 3.8) is 0 Å². The Morgan fingerprint density at radius 2 is 2.20 bits per heavy atom. The van der Waals surface area contributed by atoms with Crippen LogP contribution in [-0.4, -0.2) is 18.4 Å². The van der Waals surface area contributed by atoms with E-state index < -0.39 is 0 Å². The van der Waals surface area contributed by atoms with Gasteiger partial charge in [0.05, 0.1) is 18.3 Å². The smallest absolute Gasteiger partial charge is 0.166 e. The summed E-state index contributed by atoms with van der Waals surface area (Å²) in [4.78, 5) is 13.8. The van der Waals surface area contributed by atoms with Gasteiger partial charge < -0.3 is 9.72 Å². The number of methoxy groups -OCH3 is 1. The van der Waals surface area contributed by atoms with Crippen molar-refractivity contribution in [2.24, 2.45) is 0 Å². The molecule has 0 aliphatic heterocycles. The molecule has 15 heavy (non-hydrogen) atoms. The number of carbonyl (C=O) groups excluding carboxylic acids is 1. The zero-order valence-electron chi connectivity index (χ0n) is 8.43. The van der Waals surface area contributed by atoms with Crippen LogP contribution in [0, 0.1) is 6.92 Å². The van der Waals surface area contributed by atoms with Gasteiger partial charge in [0.2, 0.25) is 0 Å². The zero-order valence-corrected chi connectivity index (χ0v) is 10.0. The summed E-state index contributed by atoms with van der Waals surface area (Å²) in [5.41, 5.74) is 2.40. The summed E-state index contributed by atoms with van der Waals surface area (Å²) in [6.07, 6.45) is 0.822. The van der Waals surface area contributed by atoms with Crippen LogP contribution in [0.15, 0.2) is 16.6 Å². The molecular formula is C11H10BrNO2.